The molecule has 0 saturated heterocycles. The van der Waals surface area contributed by atoms with Gasteiger partial charge in [0.05, 0.1) is 0 Å². The van der Waals surface area contributed by atoms with Crippen molar-refractivity contribution in [2.24, 2.45) is 0 Å². The van der Waals surface area contributed by atoms with E-state index in [0.29, 0.717) is 0 Å². The standard InChI is InChI=1S/C14H18FNO5/c1-14(2,3)21-13(20)16-11(12(18)19)6-8-4-9(15)7-10(17)5-8/h4-5,7,11,17H,6H2,1-3H3,(H,16,20)(H,18,19). The van der Waals surface area contributed by atoms with Crippen LogP contribution in [0.3, 0.4) is 0 Å². The van der Waals surface area contributed by atoms with E-state index >= 15 is 0 Å². The number of nitrogens with one attached hydrogen (secondary N) is 1. The van der Waals surface area contributed by atoms with Crippen LogP contribution in [0.4, 0.5) is 9.18 Å². The molecule has 21 heavy (non-hydrogen) atoms. The van der Waals surface area contributed by atoms with Crippen LogP contribution in [0, 0.1) is 5.82 Å². The van der Waals surface area contributed by atoms with E-state index in [0.717, 1.165) is 12.1 Å². The lowest BCUT2D eigenvalue weighted by Crippen LogP contribution is -2.44. The van der Waals surface area contributed by atoms with E-state index in [9.17, 15) is 19.1 Å². The summed E-state index contributed by atoms with van der Waals surface area (Å²) in [6, 6.07) is 1.93. The van der Waals surface area contributed by atoms with Gasteiger partial charge < -0.3 is 20.3 Å². The van der Waals surface area contributed by atoms with Crippen molar-refractivity contribution in [2.45, 2.75) is 38.8 Å². The number of hydrogen-bond acceptors (Lipinski definition) is 4. The van der Waals surface area contributed by atoms with Crippen LogP contribution in [0.25, 0.3) is 0 Å². The fourth-order valence-electron chi connectivity index (χ4n) is 1.64. The van der Waals surface area contributed by atoms with Crippen molar-refractivity contribution in [1.82, 2.24) is 5.32 Å². The molecule has 0 fully saturated rings. The molecule has 1 rings (SSSR count). The van der Waals surface area contributed by atoms with Gasteiger partial charge in [-0.25, -0.2) is 14.0 Å². The van der Waals surface area contributed by atoms with Crippen molar-refractivity contribution < 1.29 is 28.9 Å². The predicted octanol–water partition coefficient (Wildman–Crippen LogP) is 2.05. The summed E-state index contributed by atoms with van der Waals surface area (Å²) >= 11 is 0. The number of benzene rings is 1. The first kappa shape index (κ1) is 16.7. The summed E-state index contributed by atoms with van der Waals surface area (Å²) in [6.07, 6.45) is -1.06. The van der Waals surface area contributed by atoms with E-state index in [-0.39, 0.29) is 17.7 Å². The summed E-state index contributed by atoms with van der Waals surface area (Å²) in [5.74, 6) is -2.29. The maximum absolute atomic E-state index is 13.1. The van der Waals surface area contributed by atoms with Gasteiger partial charge in [0.25, 0.3) is 0 Å². The lowest BCUT2D eigenvalue weighted by molar-refractivity contribution is -0.139. The molecule has 0 heterocycles. The number of phenols is 1. The van der Waals surface area contributed by atoms with Crippen LogP contribution in [0.2, 0.25) is 0 Å². The second kappa shape index (κ2) is 6.43. The Morgan fingerprint density at radius 2 is 1.95 bits per heavy atom. The number of rotatable bonds is 4. The SMILES string of the molecule is CC(C)(C)OC(=O)NC(Cc1cc(O)cc(F)c1)C(=O)O. The van der Waals surface area contributed by atoms with Gasteiger partial charge in [0.15, 0.2) is 0 Å². The Bertz CT molecular complexity index is 518. The highest BCUT2D eigenvalue weighted by Gasteiger charge is 2.24. The lowest BCUT2D eigenvalue weighted by Gasteiger charge is -2.22. The minimum absolute atomic E-state index is 0.181. The summed E-state index contributed by atoms with van der Waals surface area (Å²) in [6.45, 7) is 4.94. The molecule has 0 aliphatic heterocycles. The number of aliphatic carboxylic acids is 1. The molecule has 116 valence electrons. The molecule has 0 spiro atoms. The Hall–Kier alpha value is -2.31. The highest BCUT2D eigenvalue weighted by atomic mass is 19.1. The molecule has 0 aromatic heterocycles. The van der Waals surface area contributed by atoms with E-state index < -0.39 is 29.5 Å². The van der Waals surface area contributed by atoms with Crippen LogP contribution < -0.4 is 5.32 Å². The first-order valence-corrected chi connectivity index (χ1v) is 6.27. The van der Waals surface area contributed by atoms with Crippen LogP contribution in [-0.4, -0.2) is 33.9 Å². The van der Waals surface area contributed by atoms with Crippen molar-refractivity contribution in [2.75, 3.05) is 0 Å². The molecule has 3 N–H and O–H groups in total. The smallest absolute Gasteiger partial charge is 0.408 e. The van der Waals surface area contributed by atoms with E-state index in [1.165, 1.54) is 6.07 Å². The minimum atomic E-state index is -1.29. The molecule has 0 radical (unpaired) electrons. The normalized spacial score (nSPS) is 12.6. The Morgan fingerprint density at radius 3 is 2.43 bits per heavy atom. The summed E-state index contributed by atoms with van der Waals surface area (Å²) < 4.78 is 18.1. The second-order valence-corrected chi connectivity index (χ2v) is 5.56. The van der Waals surface area contributed by atoms with Gasteiger partial charge in [-0.2, -0.15) is 0 Å². The van der Waals surface area contributed by atoms with Crippen LogP contribution in [-0.2, 0) is 16.0 Å². The van der Waals surface area contributed by atoms with Crippen LogP contribution in [0.5, 0.6) is 5.75 Å². The van der Waals surface area contributed by atoms with Crippen molar-refractivity contribution >= 4 is 12.1 Å². The molecule has 1 amide bonds. The predicted molar refractivity (Wildman–Crippen MR) is 72.6 cm³/mol. The summed E-state index contributed by atoms with van der Waals surface area (Å²) in [5.41, 5.74) is -0.513. The molecule has 0 saturated carbocycles. The molecule has 1 aromatic rings. The molecule has 1 aromatic carbocycles. The maximum atomic E-state index is 13.1. The highest BCUT2D eigenvalue weighted by molar-refractivity contribution is 5.80. The van der Waals surface area contributed by atoms with Gasteiger partial charge >= 0.3 is 12.1 Å². The Kier molecular flexibility index (Phi) is 5.12. The zero-order valence-electron chi connectivity index (χ0n) is 12.0. The van der Waals surface area contributed by atoms with E-state index in [1.54, 1.807) is 20.8 Å². The Labute approximate surface area is 121 Å². The summed E-state index contributed by atoms with van der Waals surface area (Å²) in [4.78, 5) is 22.7. The minimum Gasteiger partial charge on any atom is -0.508 e. The van der Waals surface area contributed by atoms with Crippen molar-refractivity contribution in [3.8, 4) is 5.75 Å². The first-order valence-electron chi connectivity index (χ1n) is 6.27. The number of phenolic OH excluding ortho intramolecular Hbond substituents is 1. The molecule has 1 unspecified atom stereocenters. The molecular formula is C14H18FNO5. The number of carboxylic acid groups (broad SMARTS) is 1. The number of alkyl carbamates (subject to hydrolysis) is 1. The number of carbonyl (C=O) groups is 2. The fourth-order valence-corrected chi connectivity index (χ4v) is 1.64. The molecule has 6 nitrogen and oxygen atoms in total. The number of halogens is 1. The highest BCUT2D eigenvalue weighted by Crippen LogP contribution is 2.16. The second-order valence-electron chi connectivity index (χ2n) is 5.56. The molecule has 1 atom stereocenters. The van der Waals surface area contributed by atoms with Crippen LogP contribution in [0.1, 0.15) is 26.3 Å². The first-order chi connectivity index (χ1) is 9.56. The number of carboxylic acids is 1. The van der Waals surface area contributed by atoms with Gasteiger partial charge in [-0.05, 0) is 38.5 Å². The topological polar surface area (TPSA) is 95.9 Å². The molecule has 0 aliphatic rings. The van der Waals surface area contributed by atoms with E-state index in [2.05, 4.69) is 5.32 Å². The van der Waals surface area contributed by atoms with Crippen molar-refractivity contribution in [3.05, 3.63) is 29.6 Å². The van der Waals surface area contributed by atoms with Gasteiger partial charge in [0.1, 0.15) is 23.2 Å². The largest absolute Gasteiger partial charge is 0.508 e. The third-order valence-electron chi connectivity index (χ3n) is 2.37. The van der Waals surface area contributed by atoms with Gasteiger partial charge in [-0.3, -0.25) is 0 Å². The average molecular weight is 299 g/mol. The summed E-state index contributed by atoms with van der Waals surface area (Å²) in [5, 5.41) is 20.6. The van der Waals surface area contributed by atoms with E-state index in [4.69, 9.17) is 9.84 Å². The quantitative estimate of drug-likeness (QED) is 0.790. The number of aromatic hydroxyl groups is 1. The Balaban J connectivity index is 2.78. The number of hydrogen-bond donors (Lipinski definition) is 3. The van der Waals surface area contributed by atoms with Gasteiger partial charge in [-0.1, -0.05) is 0 Å². The van der Waals surface area contributed by atoms with Crippen molar-refractivity contribution in [1.29, 1.82) is 0 Å². The number of amides is 1. The van der Waals surface area contributed by atoms with Crippen molar-refractivity contribution in [3.63, 3.8) is 0 Å². The maximum Gasteiger partial charge on any atom is 0.408 e. The monoisotopic (exact) mass is 299 g/mol. The molecule has 0 aliphatic carbocycles. The zero-order chi connectivity index (χ0) is 16.2. The third kappa shape index (κ3) is 6.11. The lowest BCUT2D eigenvalue weighted by atomic mass is 10.1. The summed E-state index contributed by atoms with van der Waals surface area (Å²) in [7, 11) is 0. The van der Waals surface area contributed by atoms with Gasteiger partial charge in [0, 0.05) is 12.5 Å². The molecule has 7 heteroatoms. The molecule has 0 bridgehead atoms. The third-order valence-corrected chi connectivity index (χ3v) is 2.37. The van der Waals surface area contributed by atoms with Gasteiger partial charge in [-0.15, -0.1) is 0 Å². The Morgan fingerprint density at radius 1 is 1.33 bits per heavy atom. The number of ether oxygens (including phenoxy) is 1. The average Bonchev–Trinajstić information content (AvgIpc) is 2.23. The number of carbonyl (C=O) groups excluding carboxylic acids is 1. The fraction of sp³-hybridized carbons (Fsp3) is 0.429. The van der Waals surface area contributed by atoms with Crippen LogP contribution in [0.15, 0.2) is 18.2 Å². The van der Waals surface area contributed by atoms with Gasteiger partial charge in [0.2, 0.25) is 0 Å². The van der Waals surface area contributed by atoms with Crippen LogP contribution >= 0.6 is 0 Å². The van der Waals surface area contributed by atoms with E-state index in [1.807, 2.05) is 0 Å². The zero-order valence-corrected chi connectivity index (χ0v) is 12.0. The molecular weight excluding hydrogens is 281 g/mol.